The molecule has 2 N–H and O–H groups in total. The minimum atomic E-state index is -0.191. The first-order chi connectivity index (χ1) is 10.6. The van der Waals surface area contributed by atoms with Gasteiger partial charge in [0.05, 0.1) is 11.6 Å². The molecule has 0 saturated carbocycles. The average Bonchev–Trinajstić information content (AvgIpc) is 2.96. The van der Waals surface area contributed by atoms with E-state index in [0.29, 0.717) is 6.54 Å². The molecular formula is C18H19NO3. The molecule has 2 aromatic rings. The molecule has 1 fully saturated rings. The van der Waals surface area contributed by atoms with Crippen LogP contribution in [0.25, 0.3) is 0 Å². The Hall–Kier alpha value is -2.49. The molecule has 0 aliphatic carbocycles. The van der Waals surface area contributed by atoms with Crippen LogP contribution in [0.3, 0.4) is 0 Å². The highest BCUT2D eigenvalue weighted by atomic mass is 16.3. The summed E-state index contributed by atoms with van der Waals surface area (Å²) in [7, 11) is 0. The third kappa shape index (κ3) is 2.52. The summed E-state index contributed by atoms with van der Waals surface area (Å²) in [6.07, 6.45) is 1.87. The molecule has 1 amide bonds. The Kier molecular flexibility index (Phi) is 3.75. The van der Waals surface area contributed by atoms with E-state index in [1.165, 1.54) is 23.8 Å². The van der Waals surface area contributed by atoms with Crippen molar-refractivity contribution >= 4 is 5.91 Å². The van der Waals surface area contributed by atoms with E-state index in [1.54, 1.807) is 0 Å². The van der Waals surface area contributed by atoms with Crippen LogP contribution in [-0.4, -0.2) is 27.6 Å². The maximum absolute atomic E-state index is 12.8. The van der Waals surface area contributed by atoms with Crippen molar-refractivity contribution < 1.29 is 15.0 Å². The van der Waals surface area contributed by atoms with Crippen LogP contribution in [0.2, 0.25) is 0 Å². The highest BCUT2D eigenvalue weighted by Gasteiger charge is 2.32. The number of amides is 1. The molecule has 22 heavy (non-hydrogen) atoms. The monoisotopic (exact) mass is 297 g/mol. The van der Waals surface area contributed by atoms with E-state index in [-0.39, 0.29) is 29.0 Å². The van der Waals surface area contributed by atoms with Crippen molar-refractivity contribution in [3.8, 4) is 11.5 Å². The number of phenols is 2. The first-order valence-corrected chi connectivity index (χ1v) is 7.46. The summed E-state index contributed by atoms with van der Waals surface area (Å²) in [6, 6.07) is 12.2. The number of nitrogens with zero attached hydrogens (tertiary/aromatic N) is 1. The van der Waals surface area contributed by atoms with Crippen molar-refractivity contribution in [2.75, 3.05) is 6.54 Å². The second-order valence-corrected chi connectivity index (χ2v) is 5.71. The Balaban J connectivity index is 1.93. The number of aryl methyl sites for hydroxylation is 1. The largest absolute Gasteiger partial charge is 0.508 e. The van der Waals surface area contributed by atoms with Gasteiger partial charge in [0, 0.05) is 12.6 Å². The summed E-state index contributed by atoms with van der Waals surface area (Å²) >= 11 is 0. The van der Waals surface area contributed by atoms with E-state index in [2.05, 4.69) is 6.07 Å². The second-order valence-electron chi connectivity index (χ2n) is 5.71. The molecule has 0 spiro atoms. The summed E-state index contributed by atoms with van der Waals surface area (Å²) < 4.78 is 0. The maximum Gasteiger partial charge on any atom is 0.258 e. The highest BCUT2D eigenvalue weighted by molar-refractivity contribution is 5.97. The number of hydrogen-bond acceptors (Lipinski definition) is 3. The lowest BCUT2D eigenvalue weighted by Gasteiger charge is -2.26. The molecule has 1 saturated heterocycles. The van der Waals surface area contributed by atoms with Gasteiger partial charge in [-0.3, -0.25) is 4.79 Å². The standard InChI is InChI=1S/C18H19NO3/c1-12-5-2-3-6-14(12)16-7-4-10-19(16)18(22)15-9-8-13(20)11-17(15)21/h2-3,5-6,8-9,11,16,20-21H,4,7,10H2,1H3/t16-/m1/s1. The Bertz CT molecular complexity index is 711. The first kappa shape index (κ1) is 14.4. The van der Waals surface area contributed by atoms with Crippen molar-refractivity contribution in [1.29, 1.82) is 0 Å². The number of benzene rings is 2. The first-order valence-electron chi connectivity index (χ1n) is 7.46. The molecule has 0 aromatic heterocycles. The number of likely N-dealkylation sites (tertiary alicyclic amines) is 1. The zero-order valence-corrected chi connectivity index (χ0v) is 12.5. The molecule has 114 valence electrons. The van der Waals surface area contributed by atoms with Crippen LogP contribution >= 0.6 is 0 Å². The van der Waals surface area contributed by atoms with E-state index < -0.39 is 0 Å². The number of rotatable bonds is 2. The third-order valence-corrected chi connectivity index (χ3v) is 4.27. The quantitative estimate of drug-likeness (QED) is 0.893. The number of hydrogen-bond donors (Lipinski definition) is 2. The molecule has 4 nitrogen and oxygen atoms in total. The summed E-state index contributed by atoms with van der Waals surface area (Å²) in [4.78, 5) is 14.6. The van der Waals surface area contributed by atoms with Gasteiger partial charge >= 0.3 is 0 Å². The van der Waals surface area contributed by atoms with Crippen molar-refractivity contribution in [3.05, 3.63) is 59.2 Å². The van der Waals surface area contributed by atoms with E-state index in [4.69, 9.17) is 0 Å². The van der Waals surface area contributed by atoms with Gasteiger partial charge in [-0.25, -0.2) is 0 Å². The lowest BCUT2D eigenvalue weighted by molar-refractivity contribution is 0.0732. The van der Waals surface area contributed by atoms with Gasteiger partial charge in [-0.2, -0.15) is 0 Å². The molecule has 3 rings (SSSR count). The Morgan fingerprint density at radius 1 is 1.18 bits per heavy atom. The number of carbonyl (C=O) groups excluding carboxylic acids is 1. The molecule has 1 aliphatic rings. The fourth-order valence-electron chi connectivity index (χ4n) is 3.15. The average molecular weight is 297 g/mol. The smallest absolute Gasteiger partial charge is 0.258 e. The Morgan fingerprint density at radius 3 is 2.68 bits per heavy atom. The van der Waals surface area contributed by atoms with Crippen molar-refractivity contribution in [1.82, 2.24) is 4.90 Å². The summed E-state index contributed by atoms with van der Waals surface area (Å²) in [5.41, 5.74) is 2.56. The zero-order chi connectivity index (χ0) is 15.7. The van der Waals surface area contributed by atoms with Crippen LogP contribution in [0.15, 0.2) is 42.5 Å². The molecule has 1 heterocycles. The van der Waals surface area contributed by atoms with Crippen LogP contribution in [0.1, 0.15) is 40.4 Å². The van der Waals surface area contributed by atoms with Crippen LogP contribution in [0.5, 0.6) is 11.5 Å². The summed E-state index contributed by atoms with van der Waals surface area (Å²) in [6.45, 7) is 2.73. The Morgan fingerprint density at radius 2 is 1.95 bits per heavy atom. The molecule has 2 aromatic carbocycles. The van der Waals surface area contributed by atoms with Gasteiger partial charge in [-0.05, 0) is 43.0 Å². The van der Waals surface area contributed by atoms with Gasteiger partial charge in [0.15, 0.2) is 0 Å². The molecule has 0 radical (unpaired) electrons. The fourth-order valence-corrected chi connectivity index (χ4v) is 3.15. The lowest BCUT2D eigenvalue weighted by Crippen LogP contribution is -2.30. The predicted molar refractivity (Wildman–Crippen MR) is 84.0 cm³/mol. The second kappa shape index (κ2) is 5.72. The van der Waals surface area contributed by atoms with Crippen molar-refractivity contribution in [2.45, 2.75) is 25.8 Å². The van der Waals surface area contributed by atoms with Gasteiger partial charge in [0.2, 0.25) is 0 Å². The summed E-state index contributed by atoms with van der Waals surface area (Å²) in [5.74, 6) is -0.422. The van der Waals surface area contributed by atoms with Gasteiger partial charge < -0.3 is 15.1 Å². The molecule has 0 unspecified atom stereocenters. The zero-order valence-electron chi connectivity index (χ0n) is 12.5. The molecule has 1 aliphatic heterocycles. The minimum absolute atomic E-state index is 0.0434. The van der Waals surface area contributed by atoms with Gasteiger partial charge in [0.1, 0.15) is 11.5 Å². The highest BCUT2D eigenvalue weighted by Crippen LogP contribution is 2.36. The Labute approximate surface area is 129 Å². The normalized spacial score (nSPS) is 17.7. The van der Waals surface area contributed by atoms with E-state index in [1.807, 2.05) is 30.0 Å². The van der Waals surface area contributed by atoms with Crippen LogP contribution < -0.4 is 0 Å². The molecule has 0 bridgehead atoms. The number of phenolic OH excluding ortho intramolecular Hbond substituents is 2. The van der Waals surface area contributed by atoms with Crippen LogP contribution in [-0.2, 0) is 0 Å². The van der Waals surface area contributed by atoms with Crippen LogP contribution in [0.4, 0.5) is 0 Å². The van der Waals surface area contributed by atoms with E-state index in [9.17, 15) is 15.0 Å². The van der Waals surface area contributed by atoms with E-state index >= 15 is 0 Å². The number of carbonyl (C=O) groups is 1. The minimum Gasteiger partial charge on any atom is -0.508 e. The fraction of sp³-hybridized carbons (Fsp3) is 0.278. The van der Waals surface area contributed by atoms with Crippen LogP contribution in [0, 0.1) is 6.92 Å². The maximum atomic E-state index is 12.8. The number of aromatic hydroxyl groups is 2. The van der Waals surface area contributed by atoms with Crippen molar-refractivity contribution in [2.24, 2.45) is 0 Å². The summed E-state index contributed by atoms with van der Waals surface area (Å²) in [5, 5.41) is 19.3. The molecule has 1 atom stereocenters. The SMILES string of the molecule is Cc1ccccc1[C@H]1CCCN1C(=O)c1ccc(O)cc1O. The predicted octanol–water partition coefficient (Wildman–Crippen LogP) is 3.38. The lowest BCUT2D eigenvalue weighted by atomic mass is 9.99. The topological polar surface area (TPSA) is 60.8 Å². The third-order valence-electron chi connectivity index (χ3n) is 4.27. The molecular weight excluding hydrogens is 278 g/mol. The van der Waals surface area contributed by atoms with E-state index in [0.717, 1.165) is 18.4 Å². The van der Waals surface area contributed by atoms with Crippen molar-refractivity contribution in [3.63, 3.8) is 0 Å². The van der Waals surface area contributed by atoms with Gasteiger partial charge in [0.25, 0.3) is 5.91 Å². The molecule has 4 heteroatoms. The van der Waals surface area contributed by atoms with Gasteiger partial charge in [-0.1, -0.05) is 24.3 Å². The van der Waals surface area contributed by atoms with Gasteiger partial charge in [-0.15, -0.1) is 0 Å².